The van der Waals surface area contributed by atoms with Crippen LogP contribution < -0.4 is 19.8 Å². The summed E-state index contributed by atoms with van der Waals surface area (Å²) >= 11 is 2.82. The van der Waals surface area contributed by atoms with E-state index in [-0.39, 0.29) is 69.9 Å². The van der Waals surface area contributed by atoms with Gasteiger partial charge in [0.25, 0.3) is 0 Å². The zero-order valence-electron chi connectivity index (χ0n) is 24.7. The van der Waals surface area contributed by atoms with Crippen LogP contribution in [0.1, 0.15) is 28.3 Å². The van der Waals surface area contributed by atoms with E-state index in [2.05, 4.69) is 5.32 Å². The van der Waals surface area contributed by atoms with Crippen LogP contribution in [0.15, 0.2) is 88.7 Å². The number of carbonyl (C=O) groups is 3. The molecule has 2 aliphatic carbocycles. The van der Waals surface area contributed by atoms with Crippen LogP contribution in [0.3, 0.4) is 0 Å². The number of para-hydroxylation sites is 1. The topological polar surface area (TPSA) is 97.7 Å². The number of amides is 3. The third-order valence-corrected chi connectivity index (χ3v) is 12.9. The molecule has 10 heteroatoms. The Kier molecular flexibility index (Phi) is 6.76. The van der Waals surface area contributed by atoms with Crippen molar-refractivity contribution >= 4 is 52.2 Å². The number of fused-ring (bicyclic) bond motifs is 9. The maximum atomic E-state index is 14.0. The summed E-state index contributed by atoms with van der Waals surface area (Å²) in [5.41, 5.74) is 3.41. The van der Waals surface area contributed by atoms with Gasteiger partial charge in [-0.2, -0.15) is 0 Å². The second kappa shape index (κ2) is 10.7. The van der Waals surface area contributed by atoms with Gasteiger partial charge < -0.3 is 10.1 Å². The number of carbonyl (C=O) groups excluding carboxylic acids is 3. The first kappa shape index (κ1) is 28.3. The molecular formula is C35H31N3O5S2. The van der Waals surface area contributed by atoms with E-state index in [1.165, 1.54) is 16.2 Å². The Morgan fingerprint density at radius 2 is 1.60 bits per heavy atom. The van der Waals surface area contributed by atoms with Crippen molar-refractivity contribution in [1.82, 2.24) is 4.57 Å². The lowest BCUT2D eigenvalue weighted by atomic mass is 9.68. The molecule has 0 radical (unpaired) electrons. The fourth-order valence-corrected chi connectivity index (χ4v) is 11.4. The first-order valence-electron chi connectivity index (χ1n) is 15.2. The summed E-state index contributed by atoms with van der Waals surface area (Å²) in [6.45, 7) is 1.88. The monoisotopic (exact) mass is 637 g/mol. The van der Waals surface area contributed by atoms with Crippen molar-refractivity contribution in [2.24, 2.45) is 29.6 Å². The molecule has 4 aromatic rings. The maximum absolute atomic E-state index is 14.0. The minimum absolute atomic E-state index is 0.00241. The van der Waals surface area contributed by atoms with Gasteiger partial charge in [0, 0.05) is 21.7 Å². The average Bonchev–Trinajstić information content (AvgIpc) is 3.77. The molecule has 1 saturated heterocycles. The lowest BCUT2D eigenvalue weighted by Crippen LogP contribution is -2.43. The highest BCUT2D eigenvalue weighted by atomic mass is 32.2. The van der Waals surface area contributed by atoms with Gasteiger partial charge in [0.15, 0.2) is 0 Å². The standard InChI is InChI=1S/C35H31N3O5S2/c1-18-8-12-21(13-9-18)38-32(40)28-23-16-24(29(28)33(38)41)30-27(23)26(19-10-14-22(43-2)15-11-19)31-34(44-30)37(35(42)45-31)17-25(39)36-20-6-4-3-5-7-20/h3-15,23-24,26-30H,16-17H2,1-2H3,(H,36,39). The summed E-state index contributed by atoms with van der Waals surface area (Å²) in [5, 5.41) is 3.73. The van der Waals surface area contributed by atoms with Crippen LogP contribution in [0.5, 0.6) is 5.75 Å². The number of ether oxygens (including phenoxy) is 1. The van der Waals surface area contributed by atoms with Gasteiger partial charge in [0.2, 0.25) is 17.7 Å². The number of rotatable bonds is 6. The SMILES string of the molecule is COc1ccc(C2c3sc(=O)n(CC(=O)Nc4ccccc4)c3SC3C4CC(C5C(=O)N(c6ccc(C)cc6)C(=O)C45)C23)cc1. The molecule has 3 heterocycles. The highest BCUT2D eigenvalue weighted by Crippen LogP contribution is 2.69. The Balaban J connectivity index is 1.18. The number of anilines is 2. The van der Waals surface area contributed by atoms with Crippen molar-refractivity contribution in [2.45, 2.75) is 36.1 Å². The van der Waals surface area contributed by atoms with Crippen molar-refractivity contribution in [3.8, 4) is 5.75 Å². The third kappa shape index (κ3) is 4.40. The Hall–Kier alpha value is -4.15. The Morgan fingerprint density at radius 3 is 2.29 bits per heavy atom. The van der Waals surface area contributed by atoms with Crippen LogP contribution in [0.25, 0.3) is 0 Å². The Labute approximate surface area is 268 Å². The van der Waals surface area contributed by atoms with E-state index in [0.717, 1.165) is 33.2 Å². The molecule has 4 aliphatic rings. The van der Waals surface area contributed by atoms with Crippen LogP contribution >= 0.6 is 23.1 Å². The first-order valence-corrected chi connectivity index (χ1v) is 16.9. The molecule has 1 aromatic heterocycles. The smallest absolute Gasteiger partial charge is 0.308 e. The predicted molar refractivity (Wildman–Crippen MR) is 174 cm³/mol. The number of thiazole rings is 1. The minimum atomic E-state index is -0.379. The number of methoxy groups -OCH3 is 1. The molecule has 3 amide bonds. The largest absolute Gasteiger partial charge is 0.497 e. The molecule has 228 valence electrons. The molecule has 2 aliphatic heterocycles. The second-order valence-corrected chi connectivity index (χ2v) is 14.6. The number of nitrogens with one attached hydrogen (secondary N) is 1. The van der Waals surface area contributed by atoms with Gasteiger partial charge in [-0.25, -0.2) is 0 Å². The fraction of sp³-hybridized carbons (Fsp3) is 0.314. The van der Waals surface area contributed by atoms with Crippen LogP contribution in [-0.2, 0) is 20.9 Å². The van der Waals surface area contributed by atoms with Crippen LogP contribution in [0, 0.1) is 36.5 Å². The number of imide groups is 1. The van der Waals surface area contributed by atoms with Crippen molar-refractivity contribution in [3.05, 3.63) is 105 Å². The van der Waals surface area contributed by atoms with E-state index >= 15 is 0 Å². The van der Waals surface area contributed by atoms with E-state index in [4.69, 9.17) is 4.74 Å². The summed E-state index contributed by atoms with van der Waals surface area (Å²) < 4.78 is 7.03. The molecule has 2 bridgehead atoms. The number of thioether (sulfide) groups is 1. The van der Waals surface area contributed by atoms with Crippen molar-refractivity contribution in [1.29, 1.82) is 0 Å². The fourth-order valence-electron chi connectivity index (χ4n) is 8.25. The third-order valence-electron chi connectivity index (χ3n) is 10.1. The van der Waals surface area contributed by atoms with E-state index in [1.807, 2.05) is 85.8 Å². The number of hydrogen-bond acceptors (Lipinski definition) is 7. The van der Waals surface area contributed by atoms with E-state index in [0.29, 0.717) is 11.4 Å². The normalized spacial score (nSPS) is 27.7. The summed E-state index contributed by atoms with van der Waals surface area (Å²) in [6, 6.07) is 24.7. The molecule has 8 nitrogen and oxygen atoms in total. The van der Waals surface area contributed by atoms with E-state index in [1.54, 1.807) is 23.4 Å². The molecule has 7 unspecified atom stereocenters. The lowest BCUT2D eigenvalue weighted by Gasteiger charge is -2.43. The number of hydrogen-bond donors (Lipinski definition) is 1. The molecule has 3 fully saturated rings. The molecule has 7 atom stereocenters. The second-order valence-electron chi connectivity index (χ2n) is 12.4. The summed E-state index contributed by atoms with van der Waals surface area (Å²) in [7, 11) is 1.63. The van der Waals surface area contributed by atoms with Crippen LogP contribution in [0.4, 0.5) is 11.4 Å². The highest BCUT2D eigenvalue weighted by Gasteiger charge is 2.69. The molecule has 1 N–H and O–H groups in total. The quantitative estimate of drug-likeness (QED) is 0.279. The van der Waals surface area contributed by atoms with Gasteiger partial charge in [0.05, 0.1) is 29.7 Å². The van der Waals surface area contributed by atoms with Gasteiger partial charge in [-0.05, 0) is 73.1 Å². The molecule has 3 aromatic carbocycles. The summed E-state index contributed by atoms with van der Waals surface area (Å²) in [5.74, 6) is -0.562. The highest BCUT2D eigenvalue weighted by molar-refractivity contribution is 8.00. The van der Waals surface area contributed by atoms with Gasteiger partial charge in [0.1, 0.15) is 12.3 Å². The van der Waals surface area contributed by atoms with Gasteiger partial charge in [-0.1, -0.05) is 59.4 Å². The average molecular weight is 638 g/mol. The van der Waals surface area contributed by atoms with Crippen LogP contribution in [-0.4, -0.2) is 34.6 Å². The lowest BCUT2D eigenvalue weighted by molar-refractivity contribution is -0.123. The summed E-state index contributed by atoms with van der Waals surface area (Å²) in [4.78, 5) is 56.9. The van der Waals surface area contributed by atoms with Crippen molar-refractivity contribution in [3.63, 3.8) is 0 Å². The van der Waals surface area contributed by atoms with E-state index in [9.17, 15) is 19.2 Å². The van der Waals surface area contributed by atoms with Crippen molar-refractivity contribution < 1.29 is 19.1 Å². The maximum Gasteiger partial charge on any atom is 0.308 e. The molecular weight excluding hydrogens is 607 g/mol. The van der Waals surface area contributed by atoms with Gasteiger partial charge in [-0.3, -0.25) is 28.6 Å². The van der Waals surface area contributed by atoms with Gasteiger partial charge >= 0.3 is 4.87 Å². The van der Waals surface area contributed by atoms with Crippen LogP contribution in [0.2, 0.25) is 0 Å². The zero-order valence-corrected chi connectivity index (χ0v) is 26.3. The number of nitrogens with zero attached hydrogens (tertiary/aromatic N) is 2. The van der Waals surface area contributed by atoms with Crippen molar-refractivity contribution in [2.75, 3.05) is 17.3 Å². The Morgan fingerprint density at radius 1 is 0.911 bits per heavy atom. The molecule has 0 spiro atoms. The zero-order chi connectivity index (χ0) is 31.0. The van der Waals surface area contributed by atoms with Gasteiger partial charge in [-0.15, -0.1) is 11.8 Å². The Bertz CT molecular complexity index is 1880. The first-order chi connectivity index (χ1) is 21.8. The molecule has 45 heavy (non-hydrogen) atoms. The predicted octanol–water partition coefficient (Wildman–Crippen LogP) is 5.54. The number of aromatic nitrogens is 1. The summed E-state index contributed by atoms with van der Waals surface area (Å²) in [6.07, 6.45) is 0.803. The molecule has 8 rings (SSSR count). The number of benzene rings is 3. The minimum Gasteiger partial charge on any atom is -0.497 e. The molecule has 2 saturated carbocycles. The number of aryl methyl sites for hydroxylation is 1. The van der Waals surface area contributed by atoms with E-state index < -0.39 is 0 Å².